The highest BCUT2D eigenvalue weighted by atomic mass is 35.5. The van der Waals surface area contributed by atoms with Crippen molar-refractivity contribution in [1.82, 2.24) is 4.98 Å². The summed E-state index contributed by atoms with van der Waals surface area (Å²) in [6, 6.07) is 1.87. The van der Waals surface area contributed by atoms with Crippen LogP contribution in [0.15, 0.2) is 18.5 Å². The molecule has 0 saturated heterocycles. The molecule has 1 aromatic heterocycles. The topological polar surface area (TPSA) is 50.2 Å². The SMILES string of the molecule is Cc1ccncc1C(Cl)CCC(=O)O. The fraction of sp³-hybridized carbons (Fsp3) is 0.400. The number of hydrogen-bond acceptors (Lipinski definition) is 2. The Bertz CT molecular complexity index is 328. The van der Waals surface area contributed by atoms with E-state index in [0.29, 0.717) is 6.42 Å². The standard InChI is InChI=1S/C10H12ClNO2/c1-7-4-5-12-6-8(7)9(11)2-3-10(13)14/h4-6,9H,2-3H2,1H3,(H,13,14). The summed E-state index contributed by atoms with van der Waals surface area (Å²) < 4.78 is 0. The molecule has 1 aromatic rings. The van der Waals surface area contributed by atoms with Crippen LogP contribution in [-0.2, 0) is 4.79 Å². The van der Waals surface area contributed by atoms with Gasteiger partial charge >= 0.3 is 5.97 Å². The lowest BCUT2D eigenvalue weighted by Gasteiger charge is -2.10. The molecule has 0 bridgehead atoms. The molecule has 14 heavy (non-hydrogen) atoms. The van der Waals surface area contributed by atoms with Crippen LogP contribution in [0.2, 0.25) is 0 Å². The largest absolute Gasteiger partial charge is 0.481 e. The Hall–Kier alpha value is -1.09. The lowest BCUT2D eigenvalue weighted by molar-refractivity contribution is -0.137. The number of hydrogen-bond donors (Lipinski definition) is 1. The maximum Gasteiger partial charge on any atom is 0.303 e. The molecule has 0 aliphatic heterocycles. The number of carboxylic acids is 1. The second kappa shape index (κ2) is 4.96. The summed E-state index contributed by atoms with van der Waals surface area (Å²) >= 11 is 6.05. The van der Waals surface area contributed by atoms with Crippen LogP contribution in [0.5, 0.6) is 0 Å². The van der Waals surface area contributed by atoms with Crippen LogP contribution in [0, 0.1) is 6.92 Å². The zero-order valence-corrected chi connectivity index (χ0v) is 8.66. The van der Waals surface area contributed by atoms with Gasteiger partial charge in [-0.1, -0.05) is 0 Å². The second-order valence-electron chi connectivity index (χ2n) is 3.13. The first-order valence-corrected chi connectivity index (χ1v) is 4.81. The van der Waals surface area contributed by atoms with Crippen molar-refractivity contribution in [2.45, 2.75) is 25.1 Å². The third-order valence-electron chi connectivity index (χ3n) is 2.03. The molecule has 0 saturated carbocycles. The monoisotopic (exact) mass is 213 g/mol. The molecule has 1 heterocycles. The molecule has 1 rings (SSSR count). The minimum absolute atomic E-state index is 0.0858. The maximum atomic E-state index is 10.3. The third kappa shape index (κ3) is 3.00. The van der Waals surface area contributed by atoms with Gasteiger partial charge in [0.2, 0.25) is 0 Å². The van der Waals surface area contributed by atoms with Crippen molar-refractivity contribution in [3.05, 3.63) is 29.6 Å². The summed E-state index contributed by atoms with van der Waals surface area (Å²) in [6.07, 6.45) is 3.90. The summed E-state index contributed by atoms with van der Waals surface area (Å²) in [5.41, 5.74) is 1.96. The van der Waals surface area contributed by atoms with Crippen molar-refractivity contribution in [2.24, 2.45) is 0 Å². The molecule has 1 atom stereocenters. The van der Waals surface area contributed by atoms with Crippen LogP contribution >= 0.6 is 11.6 Å². The maximum absolute atomic E-state index is 10.3. The Kier molecular flexibility index (Phi) is 3.89. The van der Waals surface area contributed by atoms with E-state index < -0.39 is 5.97 Å². The molecule has 1 N–H and O–H groups in total. The number of aryl methyl sites for hydroxylation is 1. The fourth-order valence-electron chi connectivity index (χ4n) is 1.21. The first kappa shape index (κ1) is 11.0. The number of halogens is 1. The first-order chi connectivity index (χ1) is 6.61. The highest BCUT2D eigenvalue weighted by Gasteiger charge is 2.12. The predicted octanol–water partition coefficient (Wildman–Crippen LogP) is 2.53. The Balaban J connectivity index is 2.65. The van der Waals surface area contributed by atoms with Crippen molar-refractivity contribution in [3.8, 4) is 0 Å². The van der Waals surface area contributed by atoms with Gasteiger partial charge in [0.25, 0.3) is 0 Å². The molecule has 0 spiro atoms. The number of aliphatic carboxylic acids is 1. The first-order valence-electron chi connectivity index (χ1n) is 4.37. The van der Waals surface area contributed by atoms with E-state index in [1.807, 2.05) is 13.0 Å². The van der Waals surface area contributed by atoms with E-state index in [9.17, 15) is 4.79 Å². The van der Waals surface area contributed by atoms with Gasteiger partial charge in [-0.15, -0.1) is 11.6 Å². The molecule has 0 radical (unpaired) electrons. The van der Waals surface area contributed by atoms with E-state index in [1.165, 1.54) is 0 Å². The normalized spacial score (nSPS) is 12.4. The Morgan fingerprint density at radius 3 is 3.00 bits per heavy atom. The molecular formula is C10H12ClNO2. The van der Waals surface area contributed by atoms with Crippen molar-refractivity contribution < 1.29 is 9.90 Å². The van der Waals surface area contributed by atoms with Crippen LogP contribution in [0.3, 0.4) is 0 Å². The van der Waals surface area contributed by atoms with Crippen LogP contribution in [0.1, 0.15) is 29.3 Å². The number of rotatable bonds is 4. The molecule has 76 valence electrons. The summed E-state index contributed by atoms with van der Waals surface area (Å²) in [5, 5.41) is 8.24. The van der Waals surface area contributed by atoms with Crippen LogP contribution in [0.25, 0.3) is 0 Å². The highest BCUT2D eigenvalue weighted by Crippen LogP contribution is 2.27. The van der Waals surface area contributed by atoms with Crippen molar-refractivity contribution in [3.63, 3.8) is 0 Å². The van der Waals surface area contributed by atoms with Crippen molar-refractivity contribution in [1.29, 1.82) is 0 Å². The molecule has 0 amide bonds. The number of alkyl halides is 1. The van der Waals surface area contributed by atoms with Gasteiger partial charge in [-0.05, 0) is 30.5 Å². The quantitative estimate of drug-likeness (QED) is 0.782. The average Bonchev–Trinajstić information content (AvgIpc) is 2.15. The lowest BCUT2D eigenvalue weighted by atomic mass is 10.1. The number of pyridine rings is 1. The van der Waals surface area contributed by atoms with Gasteiger partial charge in [-0.25, -0.2) is 0 Å². The van der Waals surface area contributed by atoms with Gasteiger partial charge in [0.1, 0.15) is 0 Å². The Labute approximate surface area is 87.7 Å². The summed E-state index contributed by atoms with van der Waals surface area (Å²) in [7, 11) is 0. The average molecular weight is 214 g/mol. The zero-order chi connectivity index (χ0) is 10.6. The minimum atomic E-state index is -0.822. The van der Waals surface area contributed by atoms with Gasteiger partial charge in [-0.2, -0.15) is 0 Å². The van der Waals surface area contributed by atoms with Crippen LogP contribution in [-0.4, -0.2) is 16.1 Å². The molecule has 0 aliphatic rings. The van der Waals surface area contributed by atoms with Crippen molar-refractivity contribution >= 4 is 17.6 Å². The lowest BCUT2D eigenvalue weighted by Crippen LogP contribution is -2.00. The van der Waals surface area contributed by atoms with E-state index >= 15 is 0 Å². The van der Waals surface area contributed by atoms with Gasteiger partial charge in [0.15, 0.2) is 0 Å². The smallest absolute Gasteiger partial charge is 0.303 e. The summed E-state index contributed by atoms with van der Waals surface area (Å²) in [6.45, 7) is 1.94. The molecule has 4 heteroatoms. The number of aromatic nitrogens is 1. The molecule has 3 nitrogen and oxygen atoms in total. The predicted molar refractivity (Wildman–Crippen MR) is 54.4 cm³/mol. The molecule has 1 unspecified atom stereocenters. The van der Waals surface area contributed by atoms with Gasteiger partial charge in [-0.3, -0.25) is 9.78 Å². The van der Waals surface area contributed by atoms with Crippen molar-refractivity contribution in [2.75, 3.05) is 0 Å². The van der Waals surface area contributed by atoms with E-state index in [-0.39, 0.29) is 11.8 Å². The van der Waals surface area contributed by atoms with E-state index in [1.54, 1.807) is 12.4 Å². The molecule has 0 fully saturated rings. The van der Waals surface area contributed by atoms with E-state index in [0.717, 1.165) is 11.1 Å². The van der Waals surface area contributed by atoms with Gasteiger partial charge in [0.05, 0.1) is 5.38 Å². The number of carbonyl (C=O) groups is 1. The highest BCUT2D eigenvalue weighted by molar-refractivity contribution is 6.20. The molecule has 0 aromatic carbocycles. The zero-order valence-electron chi connectivity index (χ0n) is 7.90. The molecule has 0 aliphatic carbocycles. The Morgan fingerprint density at radius 1 is 1.71 bits per heavy atom. The van der Waals surface area contributed by atoms with Crippen LogP contribution in [0.4, 0.5) is 0 Å². The van der Waals surface area contributed by atoms with Gasteiger partial charge < -0.3 is 5.11 Å². The van der Waals surface area contributed by atoms with E-state index in [4.69, 9.17) is 16.7 Å². The van der Waals surface area contributed by atoms with Gasteiger partial charge in [0, 0.05) is 18.8 Å². The second-order valence-corrected chi connectivity index (χ2v) is 3.66. The summed E-state index contributed by atoms with van der Waals surface area (Å²) in [4.78, 5) is 14.3. The summed E-state index contributed by atoms with van der Waals surface area (Å²) in [5.74, 6) is -0.822. The van der Waals surface area contributed by atoms with E-state index in [2.05, 4.69) is 4.98 Å². The van der Waals surface area contributed by atoms with Crippen LogP contribution < -0.4 is 0 Å². The number of carboxylic acid groups (broad SMARTS) is 1. The number of nitrogens with zero attached hydrogens (tertiary/aromatic N) is 1. The Morgan fingerprint density at radius 2 is 2.43 bits per heavy atom. The fourth-order valence-corrected chi connectivity index (χ4v) is 1.55. The minimum Gasteiger partial charge on any atom is -0.481 e. The molecular weight excluding hydrogens is 202 g/mol. The third-order valence-corrected chi connectivity index (χ3v) is 2.48.